The first-order valence-corrected chi connectivity index (χ1v) is 9.63. The van der Waals surface area contributed by atoms with Crippen LogP contribution in [0.25, 0.3) is 6.08 Å². The summed E-state index contributed by atoms with van der Waals surface area (Å²) in [5.74, 6) is -0.423. The van der Waals surface area contributed by atoms with E-state index in [9.17, 15) is 14.4 Å². The first kappa shape index (κ1) is 20.6. The van der Waals surface area contributed by atoms with Crippen LogP contribution in [0, 0.1) is 6.92 Å². The van der Waals surface area contributed by atoms with Crippen molar-refractivity contribution in [3.05, 3.63) is 57.6 Å². The number of halogens is 1. The van der Waals surface area contributed by atoms with E-state index in [1.54, 1.807) is 36.4 Å². The predicted octanol–water partition coefficient (Wildman–Crippen LogP) is 3.83. The Balaban J connectivity index is 2.01. The van der Waals surface area contributed by atoms with Gasteiger partial charge in [0.15, 0.2) is 11.5 Å². The molecule has 29 heavy (non-hydrogen) atoms. The number of ether oxygens (including phenoxy) is 2. The number of nitrogens with one attached hydrogen (secondary N) is 1. The molecule has 0 unspecified atom stereocenters. The summed E-state index contributed by atoms with van der Waals surface area (Å²) in [6.45, 7) is 4.11. The fourth-order valence-corrected chi connectivity index (χ4v) is 3.12. The third-order valence-corrected chi connectivity index (χ3v) is 5.19. The number of anilines is 1. The Hall–Kier alpha value is -3.13. The maximum atomic E-state index is 13.0. The molecule has 1 aliphatic heterocycles. The Labute approximate surface area is 176 Å². The zero-order chi connectivity index (χ0) is 21.1. The third kappa shape index (κ3) is 4.17. The summed E-state index contributed by atoms with van der Waals surface area (Å²) < 4.78 is 11.6. The lowest BCUT2D eigenvalue weighted by atomic mass is 10.1. The number of nitrogens with zero attached hydrogens (tertiary/aromatic N) is 1. The van der Waals surface area contributed by atoms with Gasteiger partial charge in [-0.3, -0.25) is 14.9 Å². The molecule has 1 N–H and O–H groups in total. The van der Waals surface area contributed by atoms with E-state index in [1.165, 1.54) is 13.2 Å². The zero-order valence-electron chi connectivity index (χ0n) is 16.1. The Morgan fingerprint density at radius 3 is 2.52 bits per heavy atom. The number of amides is 4. The Morgan fingerprint density at radius 2 is 1.86 bits per heavy atom. The van der Waals surface area contributed by atoms with Crippen LogP contribution in [0.15, 0.2) is 46.4 Å². The topological polar surface area (TPSA) is 84.9 Å². The van der Waals surface area contributed by atoms with Crippen molar-refractivity contribution in [3.8, 4) is 11.5 Å². The molecule has 0 atom stereocenters. The van der Waals surface area contributed by atoms with E-state index in [4.69, 9.17) is 9.47 Å². The standard InChI is InChI=1S/C21H19BrN2O5/c1-4-29-18-11-13(5-8-17(18)28-3)10-15-19(25)23-21(27)24(20(15)26)14-6-7-16(22)12(2)9-14/h5-11H,4H2,1-3H3,(H,23,25,27). The zero-order valence-corrected chi connectivity index (χ0v) is 17.7. The molecule has 0 aromatic heterocycles. The Morgan fingerprint density at radius 1 is 1.10 bits per heavy atom. The molecule has 2 aromatic rings. The average molecular weight is 459 g/mol. The second-order valence-corrected chi connectivity index (χ2v) is 7.09. The number of carbonyl (C=O) groups is 3. The minimum absolute atomic E-state index is 0.155. The maximum absolute atomic E-state index is 13.0. The van der Waals surface area contributed by atoms with Crippen LogP contribution in [0.4, 0.5) is 10.5 Å². The molecule has 7 nitrogen and oxygen atoms in total. The monoisotopic (exact) mass is 458 g/mol. The van der Waals surface area contributed by atoms with E-state index in [2.05, 4.69) is 21.2 Å². The molecule has 1 aliphatic rings. The number of aryl methyl sites for hydroxylation is 1. The molecule has 0 saturated carbocycles. The third-order valence-electron chi connectivity index (χ3n) is 4.30. The molecular formula is C21H19BrN2O5. The van der Waals surface area contributed by atoms with Crippen LogP contribution in [0.3, 0.4) is 0 Å². The van der Waals surface area contributed by atoms with Crippen LogP contribution in [0.1, 0.15) is 18.1 Å². The quantitative estimate of drug-likeness (QED) is 0.543. The SMILES string of the molecule is CCOc1cc(C=C2C(=O)NC(=O)N(c3ccc(Br)c(C)c3)C2=O)ccc1OC. The molecule has 8 heteroatoms. The van der Waals surface area contributed by atoms with E-state index in [0.29, 0.717) is 29.4 Å². The van der Waals surface area contributed by atoms with Crippen molar-refractivity contribution >= 4 is 45.5 Å². The van der Waals surface area contributed by atoms with E-state index >= 15 is 0 Å². The van der Waals surface area contributed by atoms with Gasteiger partial charge in [-0.1, -0.05) is 22.0 Å². The number of rotatable bonds is 5. The molecule has 1 fully saturated rings. The molecule has 2 aromatic carbocycles. The Kier molecular flexibility index (Phi) is 6.03. The van der Waals surface area contributed by atoms with Crippen molar-refractivity contribution in [2.24, 2.45) is 0 Å². The van der Waals surface area contributed by atoms with Gasteiger partial charge in [-0.2, -0.15) is 0 Å². The summed E-state index contributed by atoms with van der Waals surface area (Å²) in [7, 11) is 1.53. The molecule has 0 aliphatic carbocycles. The molecule has 0 spiro atoms. The van der Waals surface area contributed by atoms with Crippen LogP contribution < -0.4 is 19.7 Å². The van der Waals surface area contributed by atoms with Gasteiger partial charge in [0.1, 0.15) is 5.57 Å². The molecule has 3 rings (SSSR count). The van der Waals surface area contributed by atoms with Crippen molar-refractivity contribution in [1.29, 1.82) is 0 Å². The normalized spacial score (nSPS) is 15.5. The first-order valence-electron chi connectivity index (χ1n) is 8.84. The minimum Gasteiger partial charge on any atom is -0.493 e. The largest absolute Gasteiger partial charge is 0.493 e. The molecule has 0 bridgehead atoms. The van der Waals surface area contributed by atoms with Crippen LogP contribution in [-0.2, 0) is 9.59 Å². The lowest BCUT2D eigenvalue weighted by molar-refractivity contribution is -0.122. The van der Waals surface area contributed by atoms with Gasteiger partial charge in [-0.15, -0.1) is 0 Å². The van der Waals surface area contributed by atoms with Crippen molar-refractivity contribution in [1.82, 2.24) is 5.32 Å². The van der Waals surface area contributed by atoms with Crippen molar-refractivity contribution in [3.63, 3.8) is 0 Å². The van der Waals surface area contributed by atoms with Gasteiger partial charge in [0.2, 0.25) is 0 Å². The van der Waals surface area contributed by atoms with Crippen LogP contribution in [0.5, 0.6) is 11.5 Å². The molecule has 0 radical (unpaired) electrons. The summed E-state index contributed by atoms with van der Waals surface area (Å²) in [5.41, 5.74) is 1.63. The predicted molar refractivity (Wildman–Crippen MR) is 112 cm³/mol. The molecule has 1 saturated heterocycles. The first-order chi connectivity index (χ1) is 13.8. The summed E-state index contributed by atoms with van der Waals surface area (Å²) in [6.07, 6.45) is 1.42. The summed E-state index contributed by atoms with van der Waals surface area (Å²) in [6, 6.07) is 9.31. The maximum Gasteiger partial charge on any atom is 0.335 e. The second kappa shape index (κ2) is 8.48. The van der Waals surface area contributed by atoms with Crippen molar-refractivity contribution in [2.45, 2.75) is 13.8 Å². The van der Waals surface area contributed by atoms with Gasteiger partial charge >= 0.3 is 6.03 Å². The fourth-order valence-electron chi connectivity index (χ4n) is 2.88. The van der Waals surface area contributed by atoms with Crippen LogP contribution >= 0.6 is 15.9 Å². The number of imide groups is 2. The van der Waals surface area contributed by atoms with Gasteiger partial charge < -0.3 is 9.47 Å². The number of hydrogen-bond donors (Lipinski definition) is 1. The van der Waals surface area contributed by atoms with Gasteiger partial charge in [0.25, 0.3) is 11.8 Å². The average Bonchev–Trinajstić information content (AvgIpc) is 2.68. The van der Waals surface area contributed by atoms with Crippen LogP contribution in [0.2, 0.25) is 0 Å². The lowest BCUT2D eigenvalue weighted by Crippen LogP contribution is -2.54. The van der Waals surface area contributed by atoms with Gasteiger partial charge in [-0.25, -0.2) is 9.69 Å². The van der Waals surface area contributed by atoms with E-state index in [-0.39, 0.29) is 5.57 Å². The molecular weight excluding hydrogens is 440 g/mol. The molecule has 4 amide bonds. The molecule has 1 heterocycles. The highest BCUT2D eigenvalue weighted by Crippen LogP contribution is 2.30. The highest BCUT2D eigenvalue weighted by Gasteiger charge is 2.36. The number of methoxy groups -OCH3 is 1. The summed E-state index contributed by atoms with van der Waals surface area (Å²) in [5, 5.41) is 2.22. The summed E-state index contributed by atoms with van der Waals surface area (Å²) >= 11 is 3.39. The van der Waals surface area contributed by atoms with E-state index in [0.717, 1.165) is 14.9 Å². The minimum atomic E-state index is -0.788. The molecule has 150 valence electrons. The summed E-state index contributed by atoms with van der Waals surface area (Å²) in [4.78, 5) is 38.6. The fraction of sp³-hybridized carbons (Fsp3) is 0.190. The highest BCUT2D eigenvalue weighted by molar-refractivity contribution is 9.10. The number of barbiturate groups is 1. The number of benzene rings is 2. The lowest BCUT2D eigenvalue weighted by Gasteiger charge is -2.26. The van der Waals surface area contributed by atoms with Gasteiger partial charge in [0, 0.05) is 4.47 Å². The van der Waals surface area contributed by atoms with Crippen molar-refractivity contribution < 1.29 is 23.9 Å². The van der Waals surface area contributed by atoms with Gasteiger partial charge in [-0.05, 0) is 61.4 Å². The smallest absolute Gasteiger partial charge is 0.335 e. The van der Waals surface area contributed by atoms with E-state index < -0.39 is 17.8 Å². The van der Waals surface area contributed by atoms with Gasteiger partial charge in [0.05, 0.1) is 19.4 Å². The number of carbonyl (C=O) groups excluding carboxylic acids is 3. The Bertz CT molecular complexity index is 1030. The highest BCUT2D eigenvalue weighted by atomic mass is 79.9. The van der Waals surface area contributed by atoms with E-state index in [1.807, 2.05) is 13.8 Å². The number of hydrogen-bond acceptors (Lipinski definition) is 5. The van der Waals surface area contributed by atoms with Crippen molar-refractivity contribution in [2.75, 3.05) is 18.6 Å². The second-order valence-electron chi connectivity index (χ2n) is 6.23. The van der Waals surface area contributed by atoms with Crippen LogP contribution in [-0.4, -0.2) is 31.6 Å². The number of urea groups is 1.